The fourth-order valence-electron chi connectivity index (χ4n) is 3.29. The summed E-state index contributed by atoms with van der Waals surface area (Å²) in [5, 5.41) is 4.47. The summed E-state index contributed by atoms with van der Waals surface area (Å²) in [4.78, 5) is 19.3. The molecule has 6 heteroatoms. The maximum Gasteiger partial charge on any atom is 0.293 e. The lowest BCUT2D eigenvalue weighted by molar-refractivity contribution is 0.0685. The summed E-state index contributed by atoms with van der Waals surface area (Å²) in [5.41, 5.74) is 1.51. The van der Waals surface area contributed by atoms with Crippen molar-refractivity contribution in [2.24, 2.45) is 5.92 Å². The first-order valence-corrected chi connectivity index (χ1v) is 9.19. The number of aromatic nitrogens is 3. The Bertz CT molecular complexity index is 929. The average molecular weight is 364 g/mol. The van der Waals surface area contributed by atoms with E-state index in [0.29, 0.717) is 17.4 Å². The van der Waals surface area contributed by atoms with Crippen molar-refractivity contribution in [1.82, 2.24) is 19.7 Å². The largest absolute Gasteiger partial charge is 0.336 e. The van der Waals surface area contributed by atoms with Gasteiger partial charge in [0, 0.05) is 18.7 Å². The summed E-state index contributed by atoms with van der Waals surface area (Å²) in [6.07, 6.45) is 1.99. The van der Waals surface area contributed by atoms with Gasteiger partial charge < -0.3 is 4.90 Å². The van der Waals surface area contributed by atoms with Gasteiger partial charge >= 0.3 is 0 Å². The van der Waals surface area contributed by atoms with Crippen molar-refractivity contribution in [3.8, 4) is 17.1 Å². The monoisotopic (exact) mass is 364 g/mol. The number of amides is 1. The minimum Gasteiger partial charge on any atom is -0.336 e. The molecule has 1 aliphatic heterocycles. The van der Waals surface area contributed by atoms with Gasteiger partial charge in [0.15, 0.2) is 5.82 Å². The lowest BCUT2D eigenvalue weighted by atomic mass is 9.99. The van der Waals surface area contributed by atoms with Crippen LogP contribution in [-0.2, 0) is 0 Å². The smallest absolute Gasteiger partial charge is 0.293 e. The summed E-state index contributed by atoms with van der Waals surface area (Å²) >= 11 is 0. The van der Waals surface area contributed by atoms with Gasteiger partial charge in [-0.25, -0.2) is 14.1 Å². The number of hydrogen-bond acceptors (Lipinski definition) is 3. The van der Waals surface area contributed by atoms with Crippen molar-refractivity contribution in [3.05, 3.63) is 66.2 Å². The molecule has 0 aliphatic carbocycles. The number of nitrogens with zero attached hydrogens (tertiary/aromatic N) is 4. The third-order valence-electron chi connectivity index (χ3n) is 4.97. The molecule has 0 N–H and O–H groups in total. The highest BCUT2D eigenvalue weighted by molar-refractivity contribution is 5.91. The van der Waals surface area contributed by atoms with Gasteiger partial charge in [-0.05, 0) is 43.0 Å². The summed E-state index contributed by atoms with van der Waals surface area (Å²) in [7, 11) is 0. The van der Waals surface area contributed by atoms with Crippen LogP contribution in [0.1, 0.15) is 30.4 Å². The molecule has 0 atom stereocenters. The molecular weight excluding hydrogens is 343 g/mol. The third-order valence-corrected chi connectivity index (χ3v) is 4.97. The first-order valence-electron chi connectivity index (χ1n) is 9.19. The van der Waals surface area contributed by atoms with Crippen molar-refractivity contribution in [3.63, 3.8) is 0 Å². The zero-order valence-electron chi connectivity index (χ0n) is 15.2. The Morgan fingerprint density at radius 3 is 2.37 bits per heavy atom. The maximum absolute atomic E-state index is 13.3. The van der Waals surface area contributed by atoms with E-state index < -0.39 is 0 Å². The molecule has 0 saturated carbocycles. The Hall–Kier alpha value is -3.02. The van der Waals surface area contributed by atoms with Crippen LogP contribution < -0.4 is 0 Å². The first kappa shape index (κ1) is 17.4. The number of piperidine rings is 1. The van der Waals surface area contributed by atoms with Crippen molar-refractivity contribution in [2.45, 2.75) is 19.8 Å². The predicted octanol–water partition coefficient (Wildman–Crippen LogP) is 3.95. The van der Waals surface area contributed by atoms with Gasteiger partial charge in [-0.15, -0.1) is 5.10 Å². The van der Waals surface area contributed by atoms with Crippen molar-refractivity contribution in [2.75, 3.05) is 13.1 Å². The molecule has 138 valence electrons. The van der Waals surface area contributed by atoms with Gasteiger partial charge in [-0.3, -0.25) is 4.79 Å². The summed E-state index contributed by atoms with van der Waals surface area (Å²) in [6.45, 7) is 3.66. The highest BCUT2D eigenvalue weighted by Crippen LogP contribution is 2.23. The van der Waals surface area contributed by atoms with Gasteiger partial charge in [-0.2, -0.15) is 0 Å². The zero-order chi connectivity index (χ0) is 18.8. The van der Waals surface area contributed by atoms with Crippen LogP contribution in [0.2, 0.25) is 0 Å². The maximum atomic E-state index is 13.3. The van der Waals surface area contributed by atoms with Crippen LogP contribution in [0.5, 0.6) is 0 Å². The van der Waals surface area contributed by atoms with Gasteiger partial charge in [0.05, 0.1) is 5.69 Å². The minimum atomic E-state index is -0.320. The number of benzene rings is 2. The van der Waals surface area contributed by atoms with E-state index >= 15 is 0 Å². The first-order chi connectivity index (χ1) is 13.1. The lowest BCUT2D eigenvalue weighted by Gasteiger charge is -2.29. The van der Waals surface area contributed by atoms with E-state index in [-0.39, 0.29) is 17.5 Å². The molecule has 1 saturated heterocycles. The molecule has 0 radical (unpaired) electrons. The normalized spacial score (nSPS) is 15.1. The van der Waals surface area contributed by atoms with Crippen LogP contribution in [0.15, 0.2) is 54.6 Å². The highest BCUT2D eigenvalue weighted by atomic mass is 19.1. The third kappa shape index (κ3) is 3.60. The van der Waals surface area contributed by atoms with Crippen molar-refractivity contribution in [1.29, 1.82) is 0 Å². The molecule has 0 unspecified atom stereocenters. The average Bonchev–Trinajstić information content (AvgIpc) is 3.15. The molecule has 0 spiro atoms. The molecule has 4 rings (SSSR count). The second-order valence-electron chi connectivity index (χ2n) is 6.99. The molecule has 0 bridgehead atoms. The minimum absolute atomic E-state index is 0.153. The van der Waals surface area contributed by atoms with Crippen molar-refractivity contribution >= 4 is 5.91 Å². The number of carbonyl (C=O) groups is 1. The van der Waals surface area contributed by atoms with E-state index in [1.165, 1.54) is 12.1 Å². The molecular formula is C21H21FN4O. The molecule has 3 aromatic rings. The fourth-order valence-corrected chi connectivity index (χ4v) is 3.29. The van der Waals surface area contributed by atoms with E-state index in [1.54, 1.807) is 16.8 Å². The standard InChI is InChI=1S/C21H21FN4O/c1-15-11-13-25(14-12-15)21(27)19-23-20(16-5-3-2-4-6-16)26(24-19)18-9-7-17(22)8-10-18/h2-10,15H,11-14H2,1H3. The lowest BCUT2D eigenvalue weighted by Crippen LogP contribution is -2.38. The van der Waals surface area contributed by atoms with E-state index in [9.17, 15) is 9.18 Å². The SMILES string of the molecule is CC1CCN(C(=O)c2nc(-c3ccccc3)n(-c3ccc(F)cc3)n2)CC1. The van der Waals surface area contributed by atoms with E-state index in [2.05, 4.69) is 17.0 Å². The Kier molecular flexibility index (Phi) is 4.71. The Morgan fingerprint density at radius 2 is 1.70 bits per heavy atom. The molecule has 5 nitrogen and oxygen atoms in total. The molecule has 1 aromatic heterocycles. The second-order valence-corrected chi connectivity index (χ2v) is 6.99. The molecule has 1 aliphatic rings. The molecule has 2 heterocycles. The Labute approximate surface area is 157 Å². The second kappa shape index (κ2) is 7.31. The zero-order valence-corrected chi connectivity index (χ0v) is 15.2. The Morgan fingerprint density at radius 1 is 1.04 bits per heavy atom. The van der Waals surface area contributed by atoms with Gasteiger partial charge in [-0.1, -0.05) is 37.3 Å². The summed E-state index contributed by atoms with van der Waals surface area (Å²) in [6, 6.07) is 15.6. The number of likely N-dealkylation sites (tertiary alicyclic amines) is 1. The van der Waals surface area contributed by atoms with Crippen LogP contribution >= 0.6 is 0 Å². The molecule has 2 aromatic carbocycles. The van der Waals surface area contributed by atoms with E-state index in [1.807, 2.05) is 35.2 Å². The van der Waals surface area contributed by atoms with E-state index in [4.69, 9.17) is 0 Å². The molecule has 1 amide bonds. The topological polar surface area (TPSA) is 51.0 Å². The number of carbonyl (C=O) groups excluding carboxylic acids is 1. The summed E-state index contributed by atoms with van der Waals surface area (Å²) in [5.74, 6) is 0.904. The molecule has 27 heavy (non-hydrogen) atoms. The van der Waals surface area contributed by atoms with Gasteiger partial charge in [0.1, 0.15) is 5.82 Å². The van der Waals surface area contributed by atoms with Crippen LogP contribution in [-0.4, -0.2) is 38.7 Å². The number of hydrogen-bond donors (Lipinski definition) is 0. The quantitative estimate of drug-likeness (QED) is 0.707. The van der Waals surface area contributed by atoms with Gasteiger partial charge in [0.2, 0.25) is 5.82 Å². The van der Waals surface area contributed by atoms with Crippen molar-refractivity contribution < 1.29 is 9.18 Å². The number of rotatable bonds is 3. The summed E-state index contributed by atoms with van der Waals surface area (Å²) < 4.78 is 14.9. The van der Waals surface area contributed by atoms with Gasteiger partial charge in [0.25, 0.3) is 5.91 Å². The number of halogens is 1. The fraction of sp³-hybridized carbons (Fsp3) is 0.286. The van der Waals surface area contributed by atoms with Crippen LogP contribution in [0, 0.1) is 11.7 Å². The Balaban J connectivity index is 1.73. The highest BCUT2D eigenvalue weighted by Gasteiger charge is 2.26. The van der Waals surface area contributed by atoms with E-state index in [0.717, 1.165) is 31.5 Å². The predicted molar refractivity (Wildman–Crippen MR) is 101 cm³/mol. The van der Waals surface area contributed by atoms with Crippen LogP contribution in [0.25, 0.3) is 17.1 Å². The molecule has 1 fully saturated rings. The van der Waals surface area contributed by atoms with Crippen LogP contribution in [0.4, 0.5) is 4.39 Å². The van der Waals surface area contributed by atoms with Crippen LogP contribution in [0.3, 0.4) is 0 Å².